The minimum absolute atomic E-state index is 0.0666. The van der Waals surface area contributed by atoms with E-state index in [0.717, 1.165) is 15.4 Å². The van der Waals surface area contributed by atoms with Gasteiger partial charge in [0.05, 0.1) is 4.47 Å². The topological polar surface area (TPSA) is 30.2 Å². The van der Waals surface area contributed by atoms with E-state index >= 15 is 0 Å². The molecule has 0 radical (unpaired) electrons. The molecule has 0 saturated carbocycles. The molecule has 0 N–H and O–H groups in total. The van der Waals surface area contributed by atoms with Gasteiger partial charge in [-0.15, -0.1) is 0 Å². The van der Waals surface area contributed by atoms with Crippen LogP contribution >= 0.6 is 15.9 Å². The van der Waals surface area contributed by atoms with Crippen LogP contribution in [0, 0.1) is 0 Å². The monoisotopic (exact) mass is 238 g/mol. The molecule has 1 aromatic carbocycles. The van der Waals surface area contributed by atoms with E-state index in [2.05, 4.69) is 15.9 Å². The van der Waals surface area contributed by atoms with Crippen molar-refractivity contribution in [3.63, 3.8) is 0 Å². The van der Waals surface area contributed by atoms with Crippen molar-refractivity contribution in [1.82, 2.24) is 0 Å². The molecule has 1 heterocycles. The van der Waals surface area contributed by atoms with Crippen molar-refractivity contribution < 1.29 is 9.21 Å². The van der Waals surface area contributed by atoms with Crippen molar-refractivity contribution in [2.24, 2.45) is 0 Å². The van der Waals surface area contributed by atoms with Crippen molar-refractivity contribution in [3.05, 3.63) is 34.5 Å². The smallest absolute Gasteiger partial charge is 0.196 e. The molecule has 0 aliphatic heterocycles. The van der Waals surface area contributed by atoms with E-state index < -0.39 is 0 Å². The molecule has 0 amide bonds. The van der Waals surface area contributed by atoms with Crippen LogP contribution in [0.15, 0.2) is 33.2 Å². The van der Waals surface area contributed by atoms with Crippen LogP contribution < -0.4 is 0 Å². The van der Waals surface area contributed by atoms with Crippen molar-refractivity contribution in [3.8, 4) is 0 Å². The molecule has 2 nitrogen and oxygen atoms in total. The van der Waals surface area contributed by atoms with E-state index in [1.807, 2.05) is 24.3 Å². The van der Waals surface area contributed by atoms with E-state index in [-0.39, 0.29) is 5.78 Å². The number of rotatable bonds is 1. The summed E-state index contributed by atoms with van der Waals surface area (Å²) in [7, 11) is 0. The fraction of sp³-hybridized carbons (Fsp3) is 0.100. The Balaban J connectivity index is 2.81. The van der Waals surface area contributed by atoms with E-state index in [1.54, 1.807) is 0 Å². The summed E-state index contributed by atoms with van der Waals surface area (Å²) in [6, 6.07) is 7.54. The lowest BCUT2D eigenvalue weighted by atomic mass is 10.2. The third-order valence-electron chi connectivity index (χ3n) is 1.85. The molecule has 1 aromatic heterocycles. The third kappa shape index (κ3) is 1.29. The molecule has 0 aliphatic rings. The summed E-state index contributed by atoms with van der Waals surface area (Å²) in [5, 5.41) is 0.938. The number of carbonyl (C=O) groups excluding carboxylic acids is 1. The van der Waals surface area contributed by atoms with E-state index in [4.69, 9.17) is 4.42 Å². The zero-order valence-corrected chi connectivity index (χ0v) is 8.59. The highest BCUT2D eigenvalue weighted by molar-refractivity contribution is 9.10. The summed E-state index contributed by atoms with van der Waals surface area (Å²) in [4.78, 5) is 11.1. The maximum atomic E-state index is 11.1. The molecular formula is C10H7BrO2. The molecule has 0 aliphatic carbocycles. The maximum Gasteiger partial charge on any atom is 0.196 e. The van der Waals surface area contributed by atoms with Gasteiger partial charge in [-0.2, -0.15) is 0 Å². The van der Waals surface area contributed by atoms with Crippen LogP contribution in [0.25, 0.3) is 11.0 Å². The fourth-order valence-electron chi connectivity index (χ4n) is 1.24. The van der Waals surface area contributed by atoms with E-state index in [0.29, 0.717) is 5.76 Å². The zero-order valence-electron chi connectivity index (χ0n) is 7.00. The summed E-state index contributed by atoms with van der Waals surface area (Å²) in [5.74, 6) is 0.323. The van der Waals surface area contributed by atoms with Crippen LogP contribution in [0.4, 0.5) is 0 Å². The van der Waals surface area contributed by atoms with Gasteiger partial charge in [0, 0.05) is 12.3 Å². The number of halogens is 1. The van der Waals surface area contributed by atoms with Gasteiger partial charge in [0.2, 0.25) is 0 Å². The summed E-state index contributed by atoms with van der Waals surface area (Å²) < 4.78 is 6.11. The molecule has 2 rings (SSSR count). The van der Waals surface area contributed by atoms with Gasteiger partial charge in [-0.3, -0.25) is 4.79 Å². The molecule has 2 aromatic rings. The van der Waals surface area contributed by atoms with Gasteiger partial charge in [0.1, 0.15) is 5.58 Å². The van der Waals surface area contributed by atoms with E-state index in [1.165, 1.54) is 6.92 Å². The second-order valence-corrected chi connectivity index (χ2v) is 3.59. The average Bonchev–Trinajstić information content (AvgIpc) is 2.45. The molecule has 0 fully saturated rings. The molecule has 0 bridgehead atoms. The minimum atomic E-state index is -0.0666. The van der Waals surface area contributed by atoms with Crippen molar-refractivity contribution in [1.29, 1.82) is 0 Å². The first-order valence-corrected chi connectivity index (χ1v) is 4.67. The SMILES string of the molecule is CC(=O)c1oc2ccccc2c1Br. The highest BCUT2D eigenvalue weighted by Gasteiger charge is 2.14. The standard InChI is InChI=1S/C10H7BrO2/c1-6(12)10-9(11)7-4-2-3-5-8(7)13-10/h2-5H,1H3. The van der Waals surface area contributed by atoms with Crippen molar-refractivity contribution in [2.45, 2.75) is 6.92 Å². The first kappa shape index (κ1) is 8.51. The number of hydrogen-bond acceptors (Lipinski definition) is 2. The number of hydrogen-bond donors (Lipinski definition) is 0. The highest BCUT2D eigenvalue weighted by atomic mass is 79.9. The maximum absolute atomic E-state index is 11.1. The zero-order chi connectivity index (χ0) is 9.42. The molecule has 13 heavy (non-hydrogen) atoms. The summed E-state index contributed by atoms with van der Waals surface area (Å²) in [6.45, 7) is 1.49. The Labute approximate surface area is 83.7 Å². The van der Waals surface area contributed by atoms with Crippen LogP contribution in [-0.2, 0) is 0 Å². The second kappa shape index (κ2) is 3.00. The molecule has 0 saturated heterocycles. The predicted octanol–water partition coefficient (Wildman–Crippen LogP) is 3.40. The number of fused-ring (bicyclic) bond motifs is 1. The van der Waals surface area contributed by atoms with Crippen LogP contribution in [-0.4, -0.2) is 5.78 Å². The predicted molar refractivity (Wildman–Crippen MR) is 53.9 cm³/mol. The molecule has 3 heteroatoms. The Kier molecular flexibility index (Phi) is 1.96. The lowest BCUT2D eigenvalue weighted by molar-refractivity contribution is 0.0988. The number of Topliss-reactive ketones (excluding diaryl/α,β-unsaturated/α-hetero) is 1. The van der Waals surface area contributed by atoms with Crippen molar-refractivity contribution >= 4 is 32.7 Å². The number of ketones is 1. The average molecular weight is 239 g/mol. The number of benzene rings is 1. The lowest BCUT2D eigenvalue weighted by Gasteiger charge is -1.86. The second-order valence-electron chi connectivity index (χ2n) is 2.80. The Morgan fingerprint density at radius 3 is 2.69 bits per heavy atom. The van der Waals surface area contributed by atoms with Gasteiger partial charge in [-0.25, -0.2) is 0 Å². The summed E-state index contributed by atoms with van der Waals surface area (Å²) in [5.41, 5.74) is 0.736. The Morgan fingerprint density at radius 1 is 1.38 bits per heavy atom. The minimum Gasteiger partial charge on any atom is -0.452 e. The molecule has 0 unspecified atom stereocenters. The number of furan rings is 1. The van der Waals surface area contributed by atoms with Gasteiger partial charge in [-0.1, -0.05) is 12.1 Å². The molecule has 0 atom stereocenters. The van der Waals surface area contributed by atoms with Gasteiger partial charge in [0.15, 0.2) is 11.5 Å². The highest BCUT2D eigenvalue weighted by Crippen LogP contribution is 2.30. The molecule has 66 valence electrons. The third-order valence-corrected chi connectivity index (χ3v) is 2.64. The number of carbonyl (C=O) groups is 1. The van der Waals surface area contributed by atoms with Crippen LogP contribution in [0.1, 0.15) is 17.5 Å². The largest absolute Gasteiger partial charge is 0.452 e. The van der Waals surface area contributed by atoms with Gasteiger partial charge in [0.25, 0.3) is 0 Å². The summed E-state index contributed by atoms with van der Waals surface area (Å²) in [6.07, 6.45) is 0. The van der Waals surface area contributed by atoms with Gasteiger partial charge < -0.3 is 4.42 Å². The first-order chi connectivity index (χ1) is 6.20. The quantitative estimate of drug-likeness (QED) is 0.714. The van der Waals surface area contributed by atoms with E-state index in [9.17, 15) is 4.79 Å². The summed E-state index contributed by atoms with van der Waals surface area (Å²) >= 11 is 3.34. The Bertz CT molecular complexity index is 471. The Morgan fingerprint density at radius 2 is 2.08 bits per heavy atom. The van der Waals surface area contributed by atoms with Crippen LogP contribution in [0.5, 0.6) is 0 Å². The number of para-hydroxylation sites is 1. The van der Waals surface area contributed by atoms with Gasteiger partial charge >= 0.3 is 0 Å². The van der Waals surface area contributed by atoms with Crippen LogP contribution in [0.2, 0.25) is 0 Å². The Hall–Kier alpha value is -1.09. The lowest BCUT2D eigenvalue weighted by Crippen LogP contribution is -1.88. The fourth-order valence-corrected chi connectivity index (χ4v) is 1.93. The van der Waals surface area contributed by atoms with Crippen molar-refractivity contribution in [2.75, 3.05) is 0 Å². The normalized spacial score (nSPS) is 10.6. The molecular weight excluding hydrogens is 232 g/mol. The first-order valence-electron chi connectivity index (χ1n) is 3.88. The van der Waals surface area contributed by atoms with Gasteiger partial charge in [-0.05, 0) is 28.1 Å². The molecule has 0 spiro atoms. The van der Waals surface area contributed by atoms with Crippen LogP contribution in [0.3, 0.4) is 0 Å².